The Morgan fingerprint density at radius 3 is 2.16 bits per heavy atom. The first kappa shape index (κ1) is 33.7. The molecule has 4 aromatic carbocycles. The summed E-state index contributed by atoms with van der Waals surface area (Å²) in [5.74, 6) is -0.792. The fraction of sp³-hybridized carbons (Fsp3) is 0.278. The number of sulfonamides is 1. The summed E-state index contributed by atoms with van der Waals surface area (Å²) >= 11 is 6.07. The minimum atomic E-state index is -4.20. The summed E-state index contributed by atoms with van der Waals surface area (Å²) < 4.78 is 29.5. The molecule has 1 N–H and O–H groups in total. The average Bonchev–Trinajstić information content (AvgIpc) is 3.02. The number of carbonyl (C=O) groups excluding carboxylic acids is 2. The van der Waals surface area contributed by atoms with Crippen LogP contribution in [0.4, 0.5) is 5.69 Å². The monoisotopic (exact) mass is 645 g/mol. The van der Waals surface area contributed by atoms with Gasteiger partial charge in [-0.1, -0.05) is 84.8 Å². The number of halogens is 1. The molecule has 4 rings (SSSR count). The molecule has 0 aliphatic heterocycles. The third-order valence-electron chi connectivity index (χ3n) is 7.71. The molecule has 45 heavy (non-hydrogen) atoms. The molecule has 0 fully saturated rings. The Morgan fingerprint density at radius 2 is 1.51 bits per heavy atom. The maximum atomic E-state index is 14.5. The minimum Gasteiger partial charge on any atom is -0.354 e. The van der Waals surface area contributed by atoms with Gasteiger partial charge in [0.05, 0.1) is 10.6 Å². The number of anilines is 1. The molecule has 4 aromatic rings. The summed E-state index contributed by atoms with van der Waals surface area (Å²) in [6, 6.07) is 27.5. The molecular formula is C36H40ClN3O4S. The Labute approximate surface area is 271 Å². The van der Waals surface area contributed by atoms with Gasteiger partial charge < -0.3 is 10.2 Å². The lowest BCUT2D eigenvalue weighted by molar-refractivity contribution is -0.140. The van der Waals surface area contributed by atoms with Gasteiger partial charge in [0.1, 0.15) is 12.6 Å². The van der Waals surface area contributed by atoms with Gasteiger partial charge >= 0.3 is 0 Å². The Hall–Kier alpha value is -4.14. The maximum absolute atomic E-state index is 14.5. The van der Waals surface area contributed by atoms with E-state index >= 15 is 0 Å². The van der Waals surface area contributed by atoms with E-state index in [1.54, 1.807) is 12.1 Å². The molecule has 7 nitrogen and oxygen atoms in total. The molecule has 9 heteroatoms. The number of nitrogens with one attached hydrogen (secondary N) is 1. The molecule has 1 atom stereocenters. The van der Waals surface area contributed by atoms with E-state index in [9.17, 15) is 18.0 Å². The molecule has 0 saturated heterocycles. The number of hydrogen-bond acceptors (Lipinski definition) is 4. The number of benzene rings is 4. The minimum absolute atomic E-state index is 0.00434. The van der Waals surface area contributed by atoms with Crippen LogP contribution in [0.1, 0.15) is 41.2 Å². The van der Waals surface area contributed by atoms with E-state index in [0.717, 1.165) is 38.5 Å². The van der Waals surface area contributed by atoms with Crippen molar-refractivity contribution < 1.29 is 18.0 Å². The van der Waals surface area contributed by atoms with Gasteiger partial charge in [0.2, 0.25) is 11.8 Å². The van der Waals surface area contributed by atoms with Gasteiger partial charge in [-0.2, -0.15) is 0 Å². The predicted molar refractivity (Wildman–Crippen MR) is 181 cm³/mol. The molecule has 0 aliphatic rings. The van der Waals surface area contributed by atoms with Gasteiger partial charge in [-0.3, -0.25) is 13.9 Å². The number of nitrogens with zero attached hydrogens (tertiary/aromatic N) is 2. The molecule has 0 aliphatic carbocycles. The van der Waals surface area contributed by atoms with E-state index in [2.05, 4.69) is 5.32 Å². The fourth-order valence-electron chi connectivity index (χ4n) is 5.07. The predicted octanol–water partition coefficient (Wildman–Crippen LogP) is 6.63. The highest BCUT2D eigenvalue weighted by Crippen LogP contribution is 2.27. The van der Waals surface area contributed by atoms with Gasteiger partial charge in [-0.05, 0) is 85.8 Å². The second-order valence-corrected chi connectivity index (χ2v) is 13.5. The lowest BCUT2D eigenvalue weighted by Gasteiger charge is -2.34. The van der Waals surface area contributed by atoms with Crippen LogP contribution in [0, 0.1) is 20.8 Å². The highest BCUT2D eigenvalue weighted by molar-refractivity contribution is 7.92. The van der Waals surface area contributed by atoms with Crippen LogP contribution in [-0.4, -0.2) is 44.3 Å². The van der Waals surface area contributed by atoms with Crippen LogP contribution in [0.25, 0.3) is 0 Å². The van der Waals surface area contributed by atoms with Crippen molar-refractivity contribution in [2.75, 3.05) is 17.4 Å². The van der Waals surface area contributed by atoms with E-state index in [4.69, 9.17) is 11.6 Å². The quantitative estimate of drug-likeness (QED) is 0.177. The standard InChI is InChI=1S/C36H40ClN3O4S/c1-5-20-38-36(42)34(23-29-11-7-6-8-12-29)39(24-30-13-9-10-26(2)21-30)35(41)25-40(32-17-14-27(3)28(4)22-32)45(43,44)33-18-15-31(37)16-19-33/h6-19,21-22,34H,5,20,23-25H2,1-4H3,(H,38,42). The number of carbonyl (C=O) groups is 2. The molecule has 0 spiro atoms. The summed E-state index contributed by atoms with van der Waals surface area (Å²) in [6.07, 6.45) is 0.997. The molecule has 236 valence electrons. The topological polar surface area (TPSA) is 86.8 Å². The summed E-state index contributed by atoms with van der Waals surface area (Å²) in [5, 5.41) is 3.37. The lowest BCUT2D eigenvalue weighted by Crippen LogP contribution is -2.53. The zero-order valence-corrected chi connectivity index (χ0v) is 27.7. The molecule has 0 saturated carbocycles. The van der Waals surface area contributed by atoms with E-state index in [0.29, 0.717) is 17.3 Å². The molecule has 0 aromatic heterocycles. The van der Waals surface area contributed by atoms with Crippen LogP contribution in [-0.2, 0) is 32.6 Å². The van der Waals surface area contributed by atoms with Gasteiger partial charge in [-0.15, -0.1) is 0 Å². The number of rotatable bonds is 13. The molecule has 0 bridgehead atoms. The summed E-state index contributed by atoms with van der Waals surface area (Å²) in [5.41, 5.74) is 4.96. The van der Waals surface area contributed by atoms with Crippen LogP contribution in [0.5, 0.6) is 0 Å². The molecule has 1 unspecified atom stereocenters. The van der Waals surface area contributed by atoms with Crippen molar-refractivity contribution in [3.05, 3.63) is 130 Å². The molecular weight excluding hydrogens is 606 g/mol. The van der Waals surface area contributed by atoms with E-state index in [1.165, 1.54) is 29.2 Å². The average molecular weight is 646 g/mol. The smallest absolute Gasteiger partial charge is 0.264 e. The summed E-state index contributed by atoms with van der Waals surface area (Å²) in [4.78, 5) is 29.8. The van der Waals surface area contributed by atoms with Crippen molar-refractivity contribution in [3.8, 4) is 0 Å². The van der Waals surface area contributed by atoms with E-state index in [1.807, 2.05) is 88.4 Å². The Balaban J connectivity index is 1.81. The van der Waals surface area contributed by atoms with Crippen molar-refractivity contribution in [1.29, 1.82) is 0 Å². The van der Waals surface area contributed by atoms with Gasteiger partial charge in [0.25, 0.3) is 10.0 Å². The molecule has 0 heterocycles. The van der Waals surface area contributed by atoms with Crippen LogP contribution >= 0.6 is 11.6 Å². The third-order valence-corrected chi connectivity index (χ3v) is 9.75. The van der Waals surface area contributed by atoms with E-state index < -0.39 is 28.5 Å². The summed E-state index contributed by atoms with van der Waals surface area (Å²) in [7, 11) is -4.20. The molecule has 2 amide bonds. The van der Waals surface area contributed by atoms with Crippen LogP contribution < -0.4 is 9.62 Å². The number of aryl methyl sites for hydroxylation is 3. The van der Waals surface area contributed by atoms with Crippen molar-refractivity contribution in [2.45, 2.75) is 58.0 Å². The van der Waals surface area contributed by atoms with Crippen molar-refractivity contribution in [2.24, 2.45) is 0 Å². The van der Waals surface area contributed by atoms with Crippen LogP contribution in [0.3, 0.4) is 0 Å². The first-order chi connectivity index (χ1) is 21.5. The van der Waals surface area contributed by atoms with Crippen molar-refractivity contribution >= 4 is 39.1 Å². The Kier molecular flexibility index (Phi) is 11.4. The highest BCUT2D eigenvalue weighted by atomic mass is 35.5. The first-order valence-electron chi connectivity index (χ1n) is 15.0. The normalized spacial score (nSPS) is 11.9. The van der Waals surface area contributed by atoms with Crippen LogP contribution in [0.15, 0.2) is 102 Å². The van der Waals surface area contributed by atoms with Gasteiger partial charge in [-0.25, -0.2) is 8.42 Å². The zero-order valence-electron chi connectivity index (χ0n) is 26.2. The second-order valence-electron chi connectivity index (χ2n) is 11.2. The number of hydrogen-bond donors (Lipinski definition) is 1. The van der Waals surface area contributed by atoms with Crippen LogP contribution in [0.2, 0.25) is 5.02 Å². The molecule has 0 radical (unpaired) electrons. The lowest BCUT2D eigenvalue weighted by atomic mass is 10.0. The van der Waals surface area contributed by atoms with Crippen molar-refractivity contribution in [3.63, 3.8) is 0 Å². The van der Waals surface area contributed by atoms with Crippen molar-refractivity contribution in [1.82, 2.24) is 10.2 Å². The summed E-state index contributed by atoms with van der Waals surface area (Å²) in [6.45, 7) is 7.83. The second kappa shape index (κ2) is 15.2. The number of amides is 2. The maximum Gasteiger partial charge on any atom is 0.264 e. The zero-order chi connectivity index (χ0) is 32.6. The SMILES string of the molecule is CCCNC(=O)C(Cc1ccccc1)N(Cc1cccc(C)c1)C(=O)CN(c1ccc(C)c(C)c1)S(=O)(=O)c1ccc(Cl)cc1. The Bertz CT molecular complexity index is 1730. The third kappa shape index (κ3) is 8.74. The van der Waals surface area contributed by atoms with E-state index in [-0.39, 0.29) is 23.8 Å². The Morgan fingerprint density at radius 1 is 0.822 bits per heavy atom. The highest BCUT2D eigenvalue weighted by Gasteiger charge is 2.34. The van der Waals surface area contributed by atoms with Gasteiger partial charge in [0, 0.05) is 24.5 Å². The fourth-order valence-corrected chi connectivity index (χ4v) is 6.60. The van der Waals surface area contributed by atoms with Gasteiger partial charge in [0.15, 0.2) is 0 Å². The first-order valence-corrected chi connectivity index (χ1v) is 16.8. The largest absolute Gasteiger partial charge is 0.354 e.